The zero-order chi connectivity index (χ0) is 15.2. The average Bonchev–Trinajstić information content (AvgIpc) is 2.52. The molecular formula is C17H20ClNO2. The Morgan fingerprint density at radius 1 is 1.10 bits per heavy atom. The Hall–Kier alpha value is -1.71. The molecule has 2 aromatic carbocycles. The first-order valence-corrected chi connectivity index (χ1v) is 7.21. The molecule has 0 saturated carbocycles. The van der Waals surface area contributed by atoms with Crippen LogP contribution in [0.15, 0.2) is 42.5 Å². The van der Waals surface area contributed by atoms with Gasteiger partial charge >= 0.3 is 0 Å². The van der Waals surface area contributed by atoms with E-state index in [0.717, 1.165) is 17.1 Å². The van der Waals surface area contributed by atoms with Crippen molar-refractivity contribution in [2.24, 2.45) is 0 Å². The van der Waals surface area contributed by atoms with Crippen LogP contribution in [0.3, 0.4) is 0 Å². The lowest BCUT2D eigenvalue weighted by Gasteiger charge is -2.16. The van der Waals surface area contributed by atoms with Crippen molar-refractivity contribution in [3.8, 4) is 11.5 Å². The van der Waals surface area contributed by atoms with Gasteiger partial charge in [0, 0.05) is 23.2 Å². The predicted molar refractivity (Wildman–Crippen MR) is 86.3 cm³/mol. The summed E-state index contributed by atoms with van der Waals surface area (Å²) >= 11 is 6.05. The van der Waals surface area contributed by atoms with Gasteiger partial charge in [-0.3, -0.25) is 0 Å². The second kappa shape index (κ2) is 7.34. The van der Waals surface area contributed by atoms with Gasteiger partial charge in [-0.2, -0.15) is 0 Å². The van der Waals surface area contributed by atoms with Gasteiger partial charge in [-0.1, -0.05) is 23.7 Å². The summed E-state index contributed by atoms with van der Waals surface area (Å²) in [5, 5.41) is 4.18. The molecule has 1 atom stereocenters. The van der Waals surface area contributed by atoms with Gasteiger partial charge in [0.2, 0.25) is 0 Å². The molecule has 2 rings (SSSR count). The van der Waals surface area contributed by atoms with Gasteiger partial charge in [0.25, 0.3) is 0 Å². The molecule has 0 saturated heterocycles. The van der Waals surface area contributed by atoms with Crippen LogP contribution in [-0.4, -0.2) is 14.2 Å². The molecule has 4 heteroatoms. The zero-order valence-electron chi connectivity index (χ0n) is 12.5. The van der Waals surface area contributed by atoms with Gasteiger partial charge in [-0.05, 0) is 42.8 Å². The van der Waals surface area contributed by atoms with Gasteiger partial charge in [-0.15, -0.1) is 0 Å². The molecule has 0 aromatic heterocycles. The van der Waals surface area contributed by atoms with Gasteiger partial charge in [-0.25, -0.2) is 0 Å². The molecule has 2 aromatic rings. The highest BCUT2D eigenvalue weighted by Gasteiger charge is 2.09. The van der Waals surface area contributed by atoms with Gasteiger partial charge in [0.15, 0.2) is 0 Å². The smallest absolute Gasteiger partial charge is 0.123 e. The SMILES string of the molecule is COc1cccc([C@@H](C)NCc2cc(Cl)ccc2OC)c1. The highest BCUT2D eigenvalue weighted by atomic mass is 35.5. The predicted octanol–water partition coefficient (Wildman–Crippen LogP) is 4.21. The van der Waals surface area contributed by atoms with E-state index in [9.17, 15) is 0 Å². The minimum Gasteiger partial charge on any atom is -0.497 e. The van der Waals surface area contributed by atoms with E-state index >= 15 is 0 Å². The summed E-state index contributed by atoms with van der Waals surface area (Å²) in [6.07, 6.45) is 0. The Morgan fingerprint density at radius 3 is 2.62 bits per heavy atom. The molecule has 112 valence electrons. The van der Waals surface area contributed by atoms with E-state index in [1.54, 1.807) is 14.2 Å². The highest BCUT2D eigenvalue weighted by molar-refractivity contribution is 6.30. The van der Waals surface area contributed by atoms with Crippen molar-refractivity contribution in [2.75, 3.05) is 14.2 Å². The van der Waals surface area contributed by atoms with Crippen LogP contribution < -0.4 is 14.8 Å². The standard InChI is InChI=1S/C17H20ClNO2/c1-12(13-5-4-6-16(10-13)20-2)19-11-14-9-15(18)7-8-17(14)21-3/h4-10,12,19H,11H2,1-3H3/t12-/m1/s1. The molecule has 0 fully saturated rings. The second-order valence-corrected chi connectivity index (χ2v) is 5.27. The lowest BCUT2D eigenvalue weighted by molar-refractivity contribution is 0.405. The van der Waals surface area contributed by atoms with Crippen LogP contribution in [0.25, 0.3) is 0 Å². The Kier molecular flexibility index (Phi) is 5.48. The van der Waals surface area contributed by atoms with Crippen LogP contribution in [0.1, 0.15) is 24.1 Å². The normalized spacial score (nSPS) is 12.0. The topological polar surface area (TPSA) is 30.5 Å². The first-order chi connectivity index (χ1) is 10.1. The average molecular weight is 306 g/mol. The van der Waals surface area contributed by atoms with Crippen molar-refractivity contribution in [3.63, 3.8) is 0 Å². The van der Waals surface area contributed by atoms with Crippen molar-refractivity contribution in [1.29, 1.82) is 0 Å². The molecule has 0 aliphatic rings. The molecule has 0 unspecified atom stereocenters. The molecule has 0 bridgehead atoms. The third kappa shape index (κ3) is 4.13. The van der Waals surface area contributed by atoms with Crippen LogP contribution in [-0.2, 0) is 6.54 Å². The molecule has 0 heterocycles. The number of methoxy groups -OCH3 is 2. The fourth-order valence-corrected chi connectivity index (χ4v) is 2.37. The van der Waals surface area contributed by atoms with E-state index in [-0.39, 0.29) is 6.04 Å². The van der Waals surface area contributed by atoms with Crippen LogP contribution in [0.5, 0.6) is 11.5 Å². The molecule has 0 amide bonds. The maximum Gasteiger partial charge on any atom is 0.123 e. The lowest BCUT2D eigenvalue weighted by Crippen LogP contribution is -2.18. The number of ether oxygens (including phenoxy) is 2. The third-order valence-corrected chi connectivity index (χ3v) is 3.67. The van der Waals surface area contributed by atoms with Crippen molar-refractivity contribution < 1.29 is 9.47 Å². The highest BCUT2D eigenvalue weighted by Crippen LogP contribution is 2.24. The fraction of sp³-hybridized carbons (Fsp3) is 0.294. The minimum atomic E-state index is 0.198. The van der Waals surface area contributed by atoms with Crippen LogP contribution in [0.2, 0.25) is 5.02 Å². The van der Waals surface area contributed by atoms with Crippen LogP contribution >= 0.6 is 11.6 Å². The van der Waals surface area contributed by atoms with Crippen LogP contribution in [0.4, 0.5) is 0 Å². The number of halogens is 1. The van der Waals surface area contributed by atoms with E-state index in [0.29, 0.717) is 11.6 Å². The van der Waals surface area contributed by atoms with Crippen LogP contribution in [0, 0.1) is 0 Å². The van der Waals surface area contributed by atoms with E-state index in [1.807, 2.05) is 36.4 Å². The first-order valence-electron chi connectivity index (χ1n) is 6.83. The Bertz CT molecular complexity index is 601. The summed E-state index contributed by atoms with van der Waals surface area (Å²) in [7, 11) is 3.34. The molecule has 1 N–H and O–H groups in total. The van der Waals surface area contributed by atoms with Gasteiger partial charge < -0.3 is 14.8 Å². The molecule has 3 nitrogen and oxygen atoms in total. The Morgan fingerprint density at radius 2 is 1.90 bits per heavy atom. The lowest BCUT2D eigenvalue weighted by atomic mass is 10.1. The molecule has 0 spiro atoms. The van der Waals surface area contributed by atoms with Crippen molar-refractivity contribution in [3.05, 3.63) is 58.6 Å². The van der Waals surface area contributed by atoms with Crippen molar-refractivity contribution in [2.45, 2.75) is 19.5 Å². The quantitative estimate of drug-likeness (QED) is 0.867. The number of rotatable bonds is 6. The number of hydrogen-bond acceptors (Lipinski definition) is 3. The monoisotopic (exact) mass is 305 g/mol. The van der Waals surface area contributed by atoms with Crippen molar-refractivity contribution >= 4 is 11.6 Å². The Labute approximate surface area is 130 Å². The molecule has 0 radical (unpaired) electrons. The number of hydrogen-bond donors (Lipinski definition) is 1. The molecule has 0 aliphatic carbocycles. The summed E-state index contributed by atoms with van der Waals surface area (Å²) < 4.78 is 10.6. The van der Waals surface area contributed by atoms with Gasteiger partial charge in [0.1, 0.15) is 11.5 Å². The minimum absolute atomic E-state index is 0.198. The summed E-state index contributed by atoms with van der Waals surface area (Å²) in [5.74, 6) is 1.70. The van der Waals surface area contributed by atoms with E-state index in [2.05, 4.69) is 18.3 Å². The summed E-state index contributed by atoms with van der Waals surface area (Å²) in [4.78, 5) is 0. The fourth-order valence-electron chi connectivity index (χ4n) is 2.18. The zero-order valence-corrected chi connectivity index (χ0v) is 13.3. The summed E-state index contributed by atoms with van der Waals surface area (Å²) in [6.45, 7) is 2.80. The maximum absolute atomic E-state index is 6.05. The van der Waals surface area contributed by atoms with Crippen molar-refractivity contribution in [1.82, 2.24) is 5.32 Å². The molecular weight excluding hydrogens is 286 g/mol. The number of nitrogens with one attached hydrogen (secondary N) is 1. The Balaban J connectivity index is 2.06. The number of benzene rings is 2. The molecule has 0 aliphatic heterocycles. The molecule has 21 heavy (non-hydrogen) atoms. The largest absolute Gasteiger partial charge is 0.497 e. The maximum atomic E-state index is 6.05. The van der Waals surface area contributed by atoms with E-state index < -0.39 is 0 Å². The second-order valence-electron chi connectivity index (χ2n) is 4.84. The summed E-state index contributed by atoms with van der Waals surface area (Å²) in [6, 6.07) is 13.9. The van der Waals surface area contributed by atoms with E-state index in [1.165, 1.54) is 5.56 Å². The van der Waals surface area contributed by atoms with E-state index in [4.69, 9.17) is 21.1 Å². The first kappa shape index (κ1) is 15.7. The van der Waals surface area contributed by atoms with Gasteiger partial charge in [0.05, 0.1) is 14.2 Å². The third-order valence-electron chi connectivity index (χ3n) is 3.43. The summed E-state index contributed by atoms with van der Waals surface area (Å²) in [5.41, 5.74) is 2.22.